The van der Waals surface area contributed by atoms with Crippen molar-refractivity contribution in [1.29, 1.82) is 0 Å². The standard InChI is InChI=1S/C23H23N5O2/c1-5-21-24-22(26-30-21)17-9-11-18(12-10-17)28-14-20(16(3)25-28)23(29)27(4)19-8-6-7-15(2)13-19/h6-14H,5H2,1-4H3. The molecule has 4 rings (SSSR count). The molecule has 0 radical (unpaired) electrons. The number of amides is 1. The zero-order valence-corrected chi connectivity index (χ0v) is 17.5. The molecule has 0 N–H and O–H groups in total. The summed E-state index contributed by atoms with van der Waals surface area (Å²) in [6.45, 7) is 5.82. The normalized spacial score (nSPS) is 10.9. The van der Waals surface area contributed by atoms with Crippen LogP contribution in [-0.4, -0.2) is 32.9 Å². The van der Waals surface area contributed by atoms with E-state index in [1.165, 1.54) is 0 Å². The van der Waals surface area contributed by atoms with Crippen molar-refractivity contribution < 1.29 is 9.32 Å². The molecule has 30 heavy (non-hydrogen) atoms. The van der Waals surface area contributed by atoms with Crippen molar-refractivity contribution in [3.8, 4) is 17.1 Å². The first kappa shape index (κ1) is 19.6. The molecule has 7 nitrogen and oxygen atoms in total. The van der Waals surface area contributed by atoms with Gasteiger partial charge in [0.2, 0.25) is 11.7 Å². The Morgan fingerprint density at radius 2 is 1.90 bits per heavy atom. The molecule has 0 bridgehead atoms. The van der Waals surface area contributed by atoms with Crippen molar-refractivity contribution in [3.63, 3.8) is 0 Å². The van der Waals surface area contributed by atoms with Crippen LogP contribution in [0, 0.1) is 13.8 Å². The highest BCUT2D eigenvalue weighted by Crippen LogP contribution is 2.21. The molecule has 2 heterocycles. The highest BCUT2D eigenvalue weighted by atomic mass is 16.5. The van der Waals surface area contributed by atoms with Gasteiger partial charge in [-0.05, 0) is 55.8 Å². The summed E-state index contributed by atoms with van der Waals surface area (Å²) in [5, 5.41) is 8.53. The van der Waals surface area contributed by atoms with Crippen LogP contribution in [0.1, 0.15) is 34.4 Å². The molecule has 0 fully saturated rings. The van der Waals surface area contributed by atoms with Gasteiger partial charge in [0.1, 0.15) is 0 Å². The van der Waals surface area contributed by atoms with Crippen molar-refractivity contribution in [2.24, 2.45) is 0 Å². The van der Waals surface area contributed by atoms with E-state index in [2.05, 4.69) is 15.2 Å². The fourth-order valence-corrected chi connectivity index (χ4v) is 3.22. The molecule has 0 spiro atoms. The maximum absolute atomic E-state index is 13.0. The minimum Gasteiger partial charge on any atom is -0.339 e. The van der Waals surface area contributed by atoms with Gasteiger partial charge >= 0.3 is 0 Å². The molecule has 152 valence electrons. The molecule has 0 atom stereocenters. The molecule has 4 aromatic rings. The highest BCUT2D eigenvalue weighted by molar-refractivity contribution is 6.06. The molecule has 1 amide bonds. The van der Waals surface area contributed by atoms with Crippen LogP contribution in [0.15, 0.2) is 59.3 Å². The minimum atomic E-state index is -0.0973. The molecule has 0 aliphatic heterocycles. The number of carbonyl (C=O) groups is 1. The van der Waals surface area contributed by atoms with Gasteiger partial charge in [0.25, 0.3) is 5.91 Å². The van der Waals surface area contributed by atoms with Crippen LogP contribution in [0.3, 0.4) is 0 Å². The monoisotopic (exact) mass is 401 g/mol. The summed E-state index contributed by atoms with van der Waals surface area (Å²) in [5.74, 6) is 1.07. The zero-order valence-electron chi connectivity index (χ0n) is 17.5. The third-order valence-electron chi connectivity index (χ3n) is 4.98. The van der Waals surface area contributed by atoms with E-state index in [1.807, 2.05) is 69.3 Å². The maximum Gasteiger partial charge on any atom is 0.261 e. The highest BCUT2D eigenvalue weighted by Gasteiger charge is 2.19. The summed E-state index contributed by atoms with van der Waals surface area (Å²) in [6.07, 6.45) is 2.47. The van der Waals surface area contributed by atoms with Gasteiger partial charge in [-0.1, -0.05) is 24.2 Å². The first-order valence-electron chi connectivity index (χ1n) is 9.80. The maximum atomic E-state index is 13.0. The molecule has 0 unspecified atom stereocenters. The van der Waals surface area contributed by atoms with E-state index in [1.54, 1.807) is 22.8 Å². The lowest BCUT2D eigenvalue weighted by molar-refractivity contribution is 0.0992. The first-order chi connectivity index (χ1) is 14.5. The van der Waals surface area contributed by atoms with Gasteiger partial charge in [-0.25, -0.2) is 4.68 Å². The number of anilines is 1. The second-order valence-electron chi connectivity index (χ2n) is 7.19. The third kappa shape index (κ3) is 3.74. The molecule has 7 heteroatoms. The van der Waals surface area contributed by atoms with Crippen LogP contribution in [-0.2, 0) is 6.42 Å². The fraction of sp³-hybridized carbons (Fsp3) is 0.217. The Kier molecular flexibility index (Phi) is 5.18. The van der Waals surface area contributed by atoms with Crippen LogP contribution in [0.2, 0.25) is 0 Å². The van der Waals surface area contributed by atoms with Gasteiger partial charge in [-0.15, -0.1) is 0 Å². The third-order valence-corrected chi connectivity index (χ3v) is 4.98. The SMILES string of the molecule is CCc1nc(-c2ccc(-n3cc(C(=O)N(C)c4cccc(C)c4)c(C)n3)cc2)no1. The smallest absolute Gasteiger partial charge is 0.261 e. The zero-order chi connectivity index (χ0) is 21.3. The number of aromatic nitrogens is 4. The number of hydrogen-bond donors (Lipinski definition) is 0. The molecule has 0 saturated heterocycles. The summed E-state index contributed by atoms with van der Waals surface area (Å²) in [6, 6.07) is 15.5. The number of benzene rings is 2. The van der Waals surface area contributed by atoms with Crippen LogP contribution >= 0.6 is 0 Å². The van der Waals surface area contributed by atoms with E-state index >= 15 is 0 Å². The lowest BCUT2D eigenvalue weighted by atomic mass is 10.2. The summed E-state index contributed by atoms with van der Waals surface area (Å²) < 4.78 is 6.89. The number of carbonyl (C=O) groups excluding carboxylic acids is 1. The Bertz CT molecular complexity index is 1190. The Morgan fingerprint density at radius 3 is 2.57 bits per heavy atom. The van der Waals surface area contributed by atoms with Gasteiger partial charge < -0.3 is 9.42 Å². The Balaban J connectivity index is 1.58. The second kappa shape index (κ2) is 7.94. The van der Waals surface area contributed by atoms with Crippen LogP contribution in [0.4, 0.5) is 5.69 Å². The largest absolute Gasteiger partial charge is 0.339 e. The Morgan fingerprint density at radius 1 is 1.13 bits per heavy atom. The molecular formula is C23H23N5O2. The van der Waals surface area contributed by atoms with Crippen molar-refractivity contribution in [2.45, 2.75) is 27.2 Å². The number of nitrogens with zero attached hydrogens (tertiary/aromatic N) is 5. The van der Waals surface area contributed by atoms with E-state index in [9.17, 15) is 4.79 Å². The first-order valence-corrected chi connectivity index (χ1v) is 9.80. The van der Waals surface area contributed by atoms with E-state index in [0.717, 1.165) is 22.5 Å². The Labute approximate surface area is 175 Å². The molecule has 2 aromatic carbocycles. The molecular weight excluding hydrogens is 378 g/mol. The predicted molar refractivity (Wildman–Crippen MR) is 115 cm³/mol. The predicted octanol–water partition coefficient (Wildman–Crippen LogP) is 4.38. The van der Waals surface area contributed by atoms with Crippen molar-refractivity contribution in [3.05, 3.63) is 77.4 Å². The molecule has 0 aliphatic carbocycles. The average Bonchev–Trinajstić information content (AvgIpc) is 3.39. The lowest BCUT2D eigenvalue weighted by Crippen LogP contribution is -2.26. The second-order valence-corrected chi connectivity index (χ2v) is 7.19. The molecule has 0 saturated carbocycles. The number of rotatable bonds is 5. The summed E-state index contributed by atoms with van der Waals surface area (Å²) in [5.41, 5.74) is 4.90. The summed E-state index contributed by atoms with van der Waals surface area (Å²) in [4.78, 5) is 19.0. The van der Waals surface area contributed by atoms with Crippen LogP contribution < -0.4 is 4.90 Å². The summed E-state index contributed by atoms with van der Waals surface area (Å²) >= 11 is 0. The van der Waals surface area contributed by atoms with Gasteiger partial charge in [-0.2, -0.15) is 10.1 Å². The van der Waals surface area contributed by atoms with E-state index in [-0.39, 0.29) is 5.91 Å². The molecule has 0 aliphatic rings. The Hall–Kier alpha value is -3.74. The average molecular weight is 401 g/mol. The number of hydrogen-bond acceptors (Lipinski definition) is 5. The summed E-state index contributed by atoms with van der Waals surface area (Å²) in [7, 11) is 1.78. The number of aryl methyl sites for hydroxylation is 3. The fourth-order valence-electron chi connectivity index (χ4n) is 3.22. The van der Waals surface area contributed by atoms with E-state index < -0.39 is 0 Å². The van der Waals surface area contributed by atoms with Gasteiger partial charge in [0, 0.05) is 30.9 Å². The quantitative estimate of drug-likeness (QED) is 0.496. The van der Waals surface area contributed by atoms with Gasteiger partial charge in [0.05, 0.1) is 16.9 Å². The van der Waals surface area contributed by atoms with Gasteiger partial charge in [-0.3, -0.25) is 4.79 Å². The minimum absolute atomic E-state index is 0.0973. The van der Waals surface area contributed by atoms with Crippen molar-refractivity contribution in [2.75, 3.05) is 11.9 Å². The van der Waals surface area contributed by atoms with E-state index in [0.29, 0.717) is 29.4 Å². The van der Waals surface area contributed by atoms with Crippen LogP contribution in [0.25, 0.3) is 17.1 Å². The van der Waals surface area contributed by atoms with Crippen molar-refractivity contribution >= 4 is 11.6 Å². The van der Waals surface area contributed by atoms with Gasteiger partial charge in [0.15, 0.2) is 0 Å². The van der Waals surface area contributed by atoms with E-state index in [4.69, 9.17) is 4.52 Å². The topological polar surface area (TPSA) is 77.1 Å². The molecule has 2 aromatic heterocycles. The van der Waals surface area contributed by atoms with Crippen molar-refractivity contribution in [1.82, 2.24) is 19.9 Å². The van der Waals surface area contributed by atoms with Crippen LogP contribution in [0.5, 0.6) is 0 Å². The lowest BCUT2D eigenvalue weighted by Gasteiger charge is -2.17.